The van der Waals surface area contributed by atoms with E-state index in [1.54, 1.807) is 11.8 Å². The SMILES string of the molecule is CSCC(C)(CO)NC(C)C. The zero-order chi connectivity index (χ0) is 8.91. The van der Waals surface area contributed by atoms with E-state index in [1.807, 2.05) is 6.92 Å². The summed E-state index contributed by atoms with van der Waals surface area (Å²) >= 11 is 1.75. The summed E-state index contributed by atoms with van der Waals surface area (Å²) < 4.78 is 0. The topological polar surface area (TPSA) is 32.3 Å². The Morgan fingerprint density at radius 3 is 2.36 bits per heavy atom. The maximum Gasteiger partial charge on any atom is 0.0618 e. The Kier molecular flexibility index (Phi) is 5.13. The molecule has 0 amide bonds. The fraction of sp³-hybridized carbons (Fsp3) is 1.00. The van der Waals surface area contributed by atoms with E-state index in [-0.39, 0.29) is 12.1 Å². The Morgan fingerprint density at radius 2 is 2.09 bits per heavy atom. The van der Waals surface area contributed by atoms with Crippen LogP contribution in [0.3, 0.4) is 0 Å². The highest BCUT2D eigenvalue weighted by Crippen LogP contribution is 2.10. The summed E-state index contributed by atoms with van der Waals surface area (Å²) in [7, 11) is 0. The minimum Gasteiger partial charge on any atom is -0.394 e. The molecule has 11 heavy (non-hydrogen) atoms. The second kappa shape index (κ2) is 5.01. The van der Waals surface area contributed by atoms with Gasteiger partial charge in [0.15, 0.2) is 0 Å². The van der Waals surface area contributed by atoms with Gasteiger partial charge in [0.25, 0.3) is 0 Å². The molecule has 1 atom stereocenters. The predicted octanol–water partition coefficient (Wildman–Crippen LogP) is 1.10. The molecule has 0 aromatic heterocycles. The summed E-state index contributed by atoms with van der Waals surface area (Å²) in [5.74, 6) is 0.946. The maximum atomic E-state index is 9.09. The molecule has 1 unspecified atom stereocenters. The third-order valence-electron chi connectivity index (χ3n) is 1.45. The molecule has 0 heterocycles. The first-order valence-electron chi connectivity index (χ1n) is 3.91. The van der Waals surface area contributed by atoms with E-state index in [9.17, 15) is 0 Å². The standard InChI is InChI=1S/C8H19NOS/c1-7(2)9-8(3,5-10)6-11-4/h7,9-10H,5-6H2,1-4H3. The molecular formula is C8H19NOS. The third kappa shape index (κ3) is 4.67. The van der Waals surface area contributed by atoms with Gasteiger partial charge in [-0.1, -0.05) is 13.8 Å². The smallest absolute Gasteiger partial charge is 0.0618 e. The van der Waals surface area contributed by atoms with Crippen LogP contribution in [-0.2, 0) is 0 Å². The van der Waals surface area contributed by atoms with Gasteiger partial charge in [-0.2, -0.15) is 11.8 Å². The van der Waals surface area contributed by atoms with E-state index in [2.05, 4.69) is 25.4 Å². The summed E-state index contributed by atoms with van der Waals surface area (Å²) in [4.78, 5) is 0. The molecule has 0 aliphatic rings. The van der Waals surface area contributed by atoms with Gasteiger partial charge in [0.2, 0.25) is 0 Å². The number of aliphatic hydroxyl groups is 1. The summed E-state index contributed by atoms with van der Waals surface area (Å²) in [6.45, 7) is 6.43. The Labute approximate surface area is 73.8 Å². The lowest BCUT2D eigenvalue weighted by molar-refractivity contribution is 0.183. The largest absolute Gasteiger partial charge is 0.394 e. The van der Waals surface area contributed by atoms with Gasteiger partial charge < -0.3 is 10.4 Å². The first kappa shape index (κ1) is 11.3. The number of aliphatic hydroxyl groups excluding tert-OH is 1. The fourth-order valence-corrected chi connectivity index (χ4v) is 1.96. The molecule has 0 aromatic carbocycles. The van der Waals surface area contributed by atoms with Gasteiger partial charge in [0.05, 0.1) is 6.61 Å². The third-order valence-corrected chi connectivity index (χ3v) is 2.37. The van der Waals surface area contributed by atoms with Gasteiger partial charge in [-0.05, 0) is 13.2 Å². The second-order valence-electron chi connectivity index (χ2n) is 3.45. The van der Waals surface area contributed by atoms with Crippen LogP contribution in [0.2, 0.25) is 0 Å². The number of hydrogen-bond donors (Lipinski definition) is 2. The molecule has 0 aliphatic carbocycles. The lowest BCUT2D eigenvalue weighted by atomic mass is 10.1. The van der Waals surface area contributed by atoms with Gasteiger partial charge in [0, 0.05) is 17.3 Å². The minimum atomic E-state index is -0.117. The van der Waals surface area contributed by atoms with Crippen molar-refractivity contribution in [2.75, 3.05) is 18.6 Å². The fourth-order valence-electron chi connectivity index (χ4n) is 1.15. The van der Waals surface area contributed by atoms with Crippen molar-refractivity contribution < 1.29 is 5.11 Å². The van der Waals surface area contributed by atoms with Crippen LogP contribution in [0.4, 0.5) is 0 Å². The Bertz CT molecular complexity index is 108. The van der Waals surface area contributed by atoms with Crippen molar-refractivity contribution in [3.63, 3.8) is 0 Å². The van der Waals surface area contributed by atoms with E-state index in [0.717, 1.165) is 5.75 Å². The molecule has 0 rings (SSSR count). The van der Waals surface area contributed by atoms with E-state index < -0.39 is 0 Å². The van der Waals surface area contributed by atoms with Crippen LogP contribution in [0.1, 0.15) is 20.8 Å². The average Bonchev–Trinajstić information content (AvgIpc) is 1.87. The first-order chi connectivity index (χ1) is 5.04. The normalized spacial score (nSPS) is 16.9. The number of thioether (sulfide) groups is 1. The quantitative estimate of drug-likeness (QED) is 0.659. The van der Waals surface area contributed by atoms with Crippen LogP contribution in [-0.4, -0.2) is 35.3 Å². The van der Waals surface area contributed by atoms with E-state index in [4.69, 9.17) is 5.11 Å². The molecule has 68 valence electrons. The number of nitrogens with one attached hydrogen (secondary N) is 1. The first-order valence-corrected chi connectivity index (χ1v) is 5.31. The van der Waals surface area contributed by atoms with Crippen molar-refractivity contribution in [1.29, 1.82) is 0 Å². The molecule has 0 bridgehead atoms. The summed E-state index contributed by atoms with van der Waals surface area (Å²) in [6.07, 6.45) is 2.05. The molecule has 0 fully saturated rings. The molecule has 0 saturated heterocycles. The van der Waals surface area contributed by atoms with E-state index in [1.165, 1.54) is 0 Å². The highest BCUT2D eigenvalue weighted by atomic mass is 32.2. The van der Waals surface area contributed by atoms with Crippen LogP contribution in [0.25, 0.3) is 0 Å². The lowest BCUT2D eigenvalue weighted by Crippen LogP contribution is -2.51. The van der Waals surface area contributed by atoms with Gasteiger partial charge >= 0.3 is 0 Å². The minimum absolute atomic E-state index is 0.117. The summed E-state index contributed by atoms with van der Waals surface area (Å²) in [6, 6.07) is 0.430. The molecule has 2 nitrogen and oxygen atoms in total. The molecule has 2 N–H and O–H groups in total. The van der Waals surface area contributed by atoms with Crippen molar-refractivity contribution >= 4 is 11.8 Å². The van der Waals surface area contributed by atoms with Gasteiger partial charge in [-0.15, -0.1) is 0 Å². The van der Waals surface area contributed by atoms with Crippen LogP contribution in [0.15, 0.2) is 0 Å². The maximum absolute atomic E-state index is 9.09. The van der Waals surface area contributed by atoms with Crippen molar-refractivity contribution in [2.45, 2.75) is 32.4 Å². The average molecular weight is 177 g/mol. The van der Waals surface area contributed by atoms with Crippen LogP contribution in [0, 0.1) is 0 Å². The Balaban J connectivity index is 3.87. The molecule has 0 saturated carbocycles. The molecular weight excluding hydrogens is 158 g/mol. The number of rotatable bonds is 5. The van der Waals surface area contributed by atoms with Gasteiger partial charge in [-0.3, -0.25) is 0 Å². The summed E-state index contributed by atoms with van der Waals surface area (Å²) in [5, 5.41) is 12.4. The Morgan fingerprint density at radius 1 is 1.55 bits per heavy atom. The van der Waals surface area contributed by atoms with Crippen LogP contribution < -0.4 is 5.32 Å². The number of hydrogen-bond acceptors (Lipinski definition) is 3. The monoisotopic (exact) mass is 177 g/mol. The van der Waals surface area contributed by atoms with Crippen LogP contribution >= 0.6 is 11.8 Å². The second-order valence-corrected chi connectivity index (χ2v) is 4.32. The van der Waals surface area contributed by atoms with Crippen LogP contribution in [0.5, 0.6) is 0 Å². The zero-order valence-electron chi connectivity index (χ0n) is 7.85. The van der Waals surface area contributed by atoms with Crippen molar-refractivity contribution in [3.8, 4) is 0 Å². The Hall–Kier alpha value is 0.270. The molecule has 0 radical (unpaired) electrons. The van der Waals surface area contributed by atoms with Crippen molar-refractivity contribution in [2.24, 2.45) is 0 Å². The zero-order valence-corrected chi connectivity index (χ0v) is 8.66. The van der Waals surface area contributed by atoms with Gasteiger partial charge in [-0.25, -0.2) is 0 Å². The van der Waals surface area contributed by atoms with Crippen molar-refractivity contribution in [1.82, 2.24) is 5.32 Å². The molecule has 3 heteroatoms. The van der Waals surface area contributed by atoms with Crippen molar-refractivity contribution in [3.05, 3.63) is 0 Å². The lowest BCUT2D eigenvalue weighted by Gasteiger charge is -2.30. The van der Waals surface area contributed by atoms with E-state index >= 15 is 0 Å². The highest BCUT2D eigenvalue weighted by molar-refractivity contribution is 7.98. The predicted molar refractivity (Wildman–Crippen MR) is 52.1 cm³/mol. The van der Waals surface area contributed by atoms with Gasteiger partial charge in [0.1, 0.15) is 0 Å². The molecule has 0 aliphatic heterocycles. The summed E-state index contributed by atoms with van der Waals surface area (Å²) in [5.41, 5.74) is -0.117. The molecule has 0 aromatic rings. The van der Waals surface area contributed by atoms with E-state index in [0.29, 0.717) is 6.04 Å². The molecule has 0 spiro atoms. The highest BCUT2D eigenvalue weighted by Gasteiger charge is 2.22.